The zero-order valence-electron chi connectivity index (χ0n) is 27.5. The molecule has 2 unspecified atom stereocenters. The van der Waals surface area contributed by atoms with Gasteiger partial charge in [0.15, 0.2) is 0 Å². The molecule has 45 heavy (non-hydrogen) atoms. The van der Waals surface area contributed by atoms with Crippen molar-refractivity contribution in [1.82, 2.24) is 0 Å². The molecular weight excluding hydrogens is 540 g/mol. The van der Waals surface area contributed by atoms with E-state index in [-0.39, 0.29) is 0 Å². The fourth-order valence-corrected chi connectivity index (χ4v) is 8.07. The Labute approximate surface area is 272 Å². The van der Waals surface area contributed by atoms with Crippen LogP contribution in [0.3, 0.4) is 0 Å². The summed E-state index contributed by atoms with van der Waals surface area (Å²) >= 11 is 0. The summed E-state index contributed by atoms with van der Waals surface area (Å²) < 4.78 is 0. The molecule has 1 saturated carbocycles. The van der Waals surface area contributed by atoms with Gasteiger partial charge in [0.2, 0.25) is 0 Å². The molecule has 0 aliphatic heterocycles. The van der Waals surface area contributed by atoms with Gasteiger partial charge >= 0.3 is 0 Å². The number of allylic oxidation sites excluding steroid dienone is 9. The van der Waals surface area contributed by atoms with Crippen molar-refractivity contribution < 1.29 is 0 Å². The second-order valence-electron chi connectivity index (χ2n) is 13.8. The molecule has 6 rings (SSSR count). The van der Waals surface area contributed by atoms with Gasteiger partial charge in [-0.1, -0.05) is 116 Å². The lowest BCUT2D eigenvalue weighted by Gasteiger charge is -2.36. The van der Waals surface area contributed by atoms with Crippen LogP contribution in [0.25, 0.3) is 11.1 Å². The van der Waals surface area contributed by atoms with Crippen LogP contribution in [0.1, 0.15) is 98.6 Å². The fourth-order valence-electron chi connectivity index (χ4n) is 8.07. The van der Waals surface area contributed by atoms with Gasteiger partial charge < -0.3 is 0 Å². The van der Waals surface area contributed by atoms with E-state index >= 15 is 0 Å². The lowest BCUT2D eigenvalue weighted by atomic mass is 9.69. The van der Waals surface area contributed by atoms with Crippen LogP contribution >= 0.6 is 0 Å². The van der Waals surface area contributed by atoms with Gasteiger partial charge in [0.25, 0.3) is 0 Å². The Morgan fingerprint density at radius 1 is 0.933 bits per heavy atom. The largest absolute Gasteiger partial charge is 0.115 e. The van der Waals surface area contributed by atoms with Gasteiger partial charge in [-0.2, -0.15) is 0 Å². The van der Waals surface area contributed by atoms with Crippen LogP contribution in [-0.2, 0) is 12.8 Å². The van der Waals surface area contributed by atoms with Crippen molar-refractivity contribution >= 4 is 11.1 Å². The molecule has 3 aromatic carbocycles. The molecule has 0 spiro atoms. The van der Waals surface area contributed by atoms with E-state index in [1.165, 1.54) is 81.4 Å². The molecule has 3 aliphatic rings. The van der Waals surface area contributed by atoms with Crippen LogP contribution in [0.5, 0.6) is 0 Å². The Bertz CT molecular complexity index is 1690. The van der Waals surface area contributed by atoms with Crippen molar-refractivity contribution in [3.8, 4) is 12.3 Å². The molecule has 0 aromatic heterocycles. The van der Waals surface area contributed by atoms with Gasteiger partial charge in [0.1, 0.15) is 0 Å². The maximum Gasteiger partial charge on any atom is 0.0321 e. The highest BCUT2D eigenvalue weighted by Gasteiger charge is 2.30. The van der Waals surface area contributed by atoms with Crippen molar-refractivity contribution in [2.75, 3.05) is 0 Å². The van der Waals surface area contributed by atoms with E-state index in [4.69, 9.17) is 13.0 Å². The topological polar surface area (TPSA) is 0 Å². The van der Waals surface area contributed by atoms with E-state index in [1.54, 1.807) is 0 Å². The monoisotopic (exact) mass is 588 g/mol. The van der Waals surface area contributed by atoms with Gasteiger partial charge in [-0.3, -0.25) is 0 Å². The SMILES string of the molecule is C#Cc1ccc(CC2CCC(C(C(=C)CCc3ccccc3)c3ccc(C4=CC(C)C=C4)cc3)CC2)cc1C1=C(C)CC=C1C. The quantitative estimate of drug-likeness (QED) is 0.163. The fraction of sp³-hybridized carbons (Fsp3) is 0.333. The average Bonchev–Trinajstić information content (AvgIpc) is 3.65. The predicted octanol–water partition coefficient (Wildman–Crippen LogP) is 11.7. The summed E-state index contributed by atoms with van der Waals surface area (Å²) in [7, 11) is 0. The van der Waals surface area contributed by atoms with E-state index in [1.807, 2.05) is 0 Å². The summed E-state index contributed by atoms with van der Waals surface area (Å²) in [5.41, 5.74) is 14.7. The minimum atomic E-state index is 0.407. The van der Waals surface area contributed by atoms with E-state index in [2.05, 4.69) is 124 Å². The molecular formula is C45H48. The van der Waals surface area contributed by atoms with Crippen LogP contribution in [0.4, 0.5) is 0 Å². The first-order valence-corrected chi connectivity index (χ1v) is 17.1. The van der Waals surface area contributed by atoms with Crippen molar-refractivity contribution in [2.45, 2.75) is 78.1 Å². The normalized spacial score (nSPS) is 21.8. The lowest BCUT2D eigenvalue weighted by molar-refractivity contribution is 0.252. The highest BCUT2D eigenvalue weighted by Crippen LogP contribution is 2.44. The molecule has 228 valence electrons. The summed E-state index contributed by atoms with van der Waals surface area (Å²) in [4.78, 5) is 0. The predicted molar refractivity (Wildman–Crippen MR) is 194 cm³/mol. The smallest absolute Gasteiger partial charge is 0.0321 e. The Morgan fingerprint density at radius 2 is 1.69 bits per heavy atom. The van der Waals surface area contributed by atoms with E-state index < -0.39 is 0 Å². The zero-order chi connectivity index (χ0) is 31.3. The molecule has 1 fully saturated rings. The van der Waals surface area contributed by atoms with Crippen molar-refractivity contribution in [3.63, 3.8) is 0 Å². The third-order valence-corrected chi connectivity index (χ3v) is 10.6. The van der Waals surface area contributed by atoms with Crippen LogP contribution in [0, 0.1) is 30.1 Å². The van der Waals surface area contributed by atoms with Crippen molar-refractivity contribution in [2.24, 2.45) is 17.8 Å². The van der Waals surface area contributed by atoms with Gasteiger partial charge in [-0.05, 0) is 140 Å². The molecule has 0 saturated heterocycles. The summed E-state index contributed by atoms with van der Waals surface area (Å²) in [6.07, 6.45) is 24.5. The molecule has 3 aromatic rings. The van der Waals surface area contributed by atoms with E-state index in [0.29, 0.717) is 23.7 Å². The first-order chi connectivity index (χ1) is 21.9. The van der Waals surface area contributed by atoms with Crippen molar-refractivity contribution in [1.29, 1.82) is 0 Å². The van der Waals surface area contributed by atoms with Gasteiger partial charge in [-0.15, -0.1) is 6.42 Å². The number of hydrogen-bond acceptors (Lipinski definition) is 0. The molecule has 3 aliphatic carbocycles. The Morgan fingerprint density at radius 3 is 2.33 bits per heavy atom. The summed E-state index contributed by atoms with van der Waals surface area (Å²) in [5, 5.41) is 0. The van der Waals surface area contributed by atoms with E-state index in [0.717, 1.165) is 31.2 Å². The maximum absolute atomic E-state index is 5.95. The summed E-state index contributed by atoms with van der Waals surface area (Å²) in [6, 6.07) is 27.2. The minimum Gasteiger partial charge on any atom is -0.115 e. The third kappa shape index (κ3) is 7.10. The van der Waals surface area contributed by atoms with Gasteiger partial charge in [0, 0.05) is 11.5 Å². The second-order valence-corrected chi connectivity index (χ2v) is 13.8. The number of benzene rings is 3. The molecule has 0 heteroatoms. The van der Waals surface area contributed by atoms with Crippen LogP contribution in [-0.4, -0.2) is 0 Å². The number of hydrogen-bond donors (Lipinski definition) is 0. The molecule has 0 radical (unpaired) electrons. The number of aryl methyl sites for hydroxylation is 1. The second kappa shape index (κ2) is 13.9. The van der Waals surface area contributed by atoms with E-state index in [9.17, 15) is 0 Å². The van der Waals surface area contributed by atoms with Crippen LogP contribution < -0.4 is 0 Å². The average molecular weight is 589 g/mol. The molecule has 0 bridgehead atoms. The first-order valence-electron chi connectivity index (χ1n) is 17.1. The molecule has 0 nitrogen and oxygen atoms in total. The molecule has 0 N–H and O–H groups in total. The number of rotatable bonds is 10. The van der Waals surface area contributed by atoms with Crippen LogP contribution in [0.15, 0.2) is 120 Å². The standard InChI is InChI=1S/C45H48/c1-6-38-21-19-37(30-43(38)44-32(3)13-14-33(44)4)29-36-17-22-40(23-18-36)45(34(5)15-16-35-10-8-7-9-11-35)41-26-24-39(25-27-41)42-20-12-31(2)28-42/h1,7-13,19-21,24-28,30-31,36,40,45H,5,14-18,22-23,29H2,2-4H3. The van der Waals surface area contributed by atoms with Crippen LogP contribution in [0.2, 0.25) is 0 Å². The molecule has 0 heterocycles. The first kappa shape index (κ1) is 30.9. The Balaban J connectivity index is 1.17. The molecule has 2 atom stereocenters. The summed E-state index contributed by atoms with van der Waals surface area (Å²) in [6.45, 7) is 11.5. The zero-order valence-corrected chi connectivity index (χ0v) is 27.5. The maximum atomic E-state index is 5.95. The Hall–Kier alpha value is -4.08. The summed E-state index contributed by atoms with van der Waals surface area (Å²) in [5.74, 6) is 5.23. The third-order valence-electron chi connectivity index (χ3n) is 10.6. The molecule has 0 amide bonds. The number of terminal acetylenes is 1. The van der Waals surface area contributed by atoms with Gasteiger partial charge in [0.05, 0.1) is 0 Å². The highest BCUT2D eigenvalue weighted by molar-refractivity contribution is 5.86. The lowest BCUT2D eigenvalue weighted by Crippen LogP contribution is -2.23. The van der Waals surface area contributed by atoms with Gasteiger partial charge in [-0.25, -0.2) is 0 Å². The Kier molecular flexibility index (Phi) is 9.56. The van der Waals surface area contributed by atoms with Crippen molar-refractivity contribution in [3.05, 3.63) is 154 Å². The minimum absolute atomic E-state index is 0.407. The highest BCUT2D eigenvalue weighted by atomic mass is 14.4.